The predicted molar refractivity (Wildman–Crippen MR) is 89.4 cm³/mol. The number of aromatic nitrogens is 4. The van der Waals surface area contributed by atoms with Gasteiger partial charge in [-0.3, -0.25) is 4.90 Å². The van der Waals surface area contributed by atoms with Crippen LogP contribution in [-0.2, 0) is 6.54 Å². The van der Waals surface area contributed by atoms with Crippen LogP contribution in [0.25, 0.3) is 0 Å². The Bertz CT molecular complexity index is 743. The standard InChI is InChI=1S/C17H21N7/c18-12-14-4-1-2-5-16(14)23-9-3-8-22(10-11-23)13-17-19-20-21-24(17)15-6-7-15/h1-2,4-5,15H,3,6-11,13H2. The quantitative estimate of drug-likeness (QED) is 0.851. The second-order valence-corrected chi connectivity index (χ2v) is 6.52. The molecule has 1 saturated carbocycles. The van der Waals surface area contributed by atoms with Gasteiger partial charge in [0.25, 0.3) is 0 Å². The highest BCUT2D eigenvalue weighted by molar-refractivity contribution is 5.59. The molecule has 2 heterocycles. The fourth-order valence-electron chi connectivity index (χ4n) is 3.33. The molecule has 0 amide bonds. The van der Waals surface area contributed by atoms with Gasteiger partial charge in [-0.25, -0.2) is 4.68 Å². The summed E-state index contributed by atoms with van der Waals surface area (Å²) in [5.41, 5.74) is 1.80. The molecule has 2 fully saturated rings. The van der Waals surface area contributed by atoms with E-state index in [4.69, 9.17) is 0 Å². The molecule has 2 aromatic rings. The van der Waals surface area contributed by atoms with Crippen LogP contribution < -0.4 is 4.90 Å². The minimum absolute atomic E-state index is 0.515. The fraction of sp³-hybridized carbons (Fsp3) is 0.529. The maximum absolute atomic E-state index is 9.32. The molecule has 1 aromatic carbocycles. The lowest BCUT2D eigenvalue weighted by atomic mass is 10.1. The van der Waals surface area contributed by atoms with Crippen molar-refractivity contribution in [3.05, 3.63) is 35.7 Å². The van der Waals surface area contributed by atoms with E-state index in [9.17, 15) is 5.26 Å². The first kappa shape index (κ1) is 15.1. The van der Waals surface area contributed by atoms with Crippen LogP contribution in [0.2, 0.25) is 0 Å². The van der Waals surface area contributed by atoms with Crippen molar-refractivity contribution in [1.82, 2.24) is 25.1 Å². The van der Waals surface area contributed by atoms with Gasteiger partial charge in [-0.1, -0.05) is 12.1 Å². The van der Waals surface area contributed by atoms with Crippen molar-refractivity contribution >= 4 is 5.69 Å². The molecule has 0 unspecified atom stereocenters. The van der Waals surface area contributed by atoms with Gasteiger partial charge in [-0.2, -0.15) is 5.26 Å². The van der Waals surface area contributed by atoms with E-state index in [1.807, 2.05) is 28.9 Å². The number of para-hydroxylation sites is 1. The maximum atomic E-state index is 9.32. The molecule has 0 spiro atoms. The lowest BCUT2D eigenvalue weighted by Gasteiger charge is -2.24. The maximum Gasteiger partial charge on any atom is 0.165 e. The predicted octanol–water partition coefficient (Wildman–Crippen LogP) is 1.59. The van der Waals surface area contributed by atoms with Gasteiger partial charge in [-0.05, 0) is 41.8 Å². The number of hydrogen-bond donors (Lipinski definition) is 0. The van der Waals surface area contributed by atoms with Crippen LogP contribution in [0.1, 0.15) is 36.7 Å². The number of tetrazole rings is 1. The Morgan fingerprint density at radius 3 is 2.83 bits per heavy atom. The number of benzene rings is 1. The van der Waals surface area contributed by atoms with Gasteiger partial charge in [0, 0.05) is 26.2 Å². The first-order chi connectivity index (χ1) is 11.8. The second kappa shape index (κ2) is 6.57. The Morgan fingerprint density at radius 1 is 1.12 bits per heavy atom. The molecule has 4 rings (SSSR count). The van der Waals surface area contributed by atoms with Crippen LogP contribution in [0.4, 0.5) is 5.69 Å². The molecule has 0 atom stereocenters. The van der Waals surface area contributed by atoms with E-state index in [1.54, 1.807) is 0 Å². The molecule has 1 aromatic heterocycles. The minimum atomic E-state index is 0.515. The molecule has 0 radical (unpaired) electrons. The summed E-state index contributed by atoms with van der Waals surface area (Å²) in [7, 11) is 0. The Balaban J connectivity index is 1.43. The van der Waals surface area contributed by atoms with Gasteiger partial charge in [-0.15, -0.1) is 5.10 Å². The van der Waals surface area contributed by atoms with Crippen molar-refractivity contribution in [2.75, 3.05) is 31.1 Å². The third-order valence-corrected chi connectivity index (χ3v) is 4.77. The van der Waals surface area contributed by atoms with E-state index in [0.29, 0.717) is 6.04 Å². The average Bonchev–Trinajstić information content (AvgIpc) is 3.40. The van der Waals surface area contributed by atoms with E-state index in [1.165, 1.54) is 12.8 Å². The van der Waals surface area contributed by atoms with Crippen LogP contribution in [0.3, 0.4) is 0 Å². The zero-order chi connectivity index (χ0) is 16.4. The topological polar surface area (TPSA) is 73.9 Å². The van der Waals surface area contributed by atoms with Gasteiger partial charge in [0.2, 0.25) is 0 Å². The summed E-state index contributed by atoms with van der Waals surface area (Å²) in [4.78, 5) is 4.74. The van der Waals surface area contributed by atoms with Gasteiger partial charge in [0.15, 0.2) is 5.82 Å². The van der Waals surface area contributed by atoms with Gasteiger partial charge < -0.3 is 4.90 Å². The van der Waals surface area contributed by atoms with Gasteiger partial charge in [0.05, 0.1) is 23.8 Å². The monoisotopic (exact) mass is 323 g/mol. The number of nitrogens with zero attached hydrogens (tertiary/aromatic N) is 7. The molecule has 2 aliphatic rings. The van der Waals surface area contributed by atoms with E-state index < -0.39 is 0 Å². The summed E-state index contributed by atoms with van der Waals surface area (Å²) in [5.74, 6) is 0.975. The molecular formula is C17H21N7. The molecule has 124 valence electrons. The van der Waals surface area contributed by atoms with E-state index in [0.717, 1.165) is 56.2 Å². The molecule has 7 heteroatoms. The number of nitriles is 1. The van der Waals surface area contributed by atoms with Crippen LogP contribution in [0, 0.1) is 11.3 Å². The van der Waals surface area contributed by atoms with Crippen molar-refractivity contribution in [3.8, 4) is 6.07 Å². The molecule has 1 aliphatic carbocycles. The highest BCUT2D eigenvalue weighted by Crippen LogP contribution is 2.34. The third-order valence-electron chi connectivity index (χ3n) is 4.77. The number of hydrogen-bond acceptors (Lipinski definition) is 6. The van der Waals surface area contributed by atoms with Crippen molar-refractivity contribution in [2.24, 2.45) is 0 Å². The highest BCUT2D eigenvalue weighted by Gasteiger charge is 2.28. The zero-order valence-corrected chi connectivity index (χ0v) is 13.7. The van der Waals surface area contributed by atoms with Crippen LogP contribution in [0.5, 0.6) is 0 Å². The van der Waals surface area contributed by atoms with Crippen molar-refractivity contribution in [2.45, 2.75) is 31.8 Å². The molecule has 0 N–H and O–H groups in total. The Morgan fingerprint density at radius 2 is 2.00 bits per heavy atom. The van der Waals surface area contributed by atoms with E-state index >= 15 is 0 Å². The smallest absolute Gasteiger partial charge is 0.165 e. The molecule has 24 heavy (non-hydrogen) atoms. The van der Waals surface area contributed by atoms with Crippen molar-refractivity contribution in [3.63, 3.8) is 0 Å². The van der Waals surface area contributed by atoms with Gasteiger partial charge >= 0.3 is 0 Å². The summed E-state index contributed by atoms with van der Waals surface area (Å²) in [6.45, 7) is 4.68. The number of anilines is 1. The highest BCUT2D eigenvalue weighted by atomic mass is 15.6. The van der Waals surface area contributed by atoms with Crippen LogP contribution in [-0.4, -0.2) is 51.3 Å². The normalized spacial score (nSPS) is 19.0. The molecule has 1 saturated heterocycles. The Kier molecular flexibility index (Phi) is 4.13. The summed E-state index contributed by atoms with van der Waals surface area (Å²) in [6.07, 6.45) is 3.46. The van der Waals surface area contributed by atoms with Crippen molar-refractivity contribution in [1.29, 1.82) is 5.26 Å². The summed E-state index contributed by atoms with van der Waals surface area (Å²) >= 11 is 0. The van der Waals surface area contributed by atoms with Crippen molar-refractivity contribution < 1.29 is 0 Å². The molecule has 0 bridgehead atoms. The first-order valence-electron chi connectivity index (χ1n) is 8.58. The number of rotatable bonds is 4. The summed E-state index contributed by atoms with van der Waals surface area (Å²) in [5, 5.41) is 21.5. The van der Waals surface area contributed by atoms with Gasteiger partial charge in [0.1, 0.15) is 6.07 Å². The Hall–Kier alpha value is -2.46. The van der Waals surface area contributed by atoms with Crippen LogP contribution in [0.15, 0.2) is 24.3 Å². The zero-order valence-electron chi connectivity index (χ0n) is 13.7. The second-order valence-electron chi connectivity index (χ2n) is 6.52. The lowest BCUT2D eigenvalue weighted by molar-refractivity contribution is 0.272. The Labute approximate surface area is 141 Å². The largest absolute Gasteiger partial charge is 0.369 e. The van der Waals surface area contributed by atoms with E-state index in [2.05, 4.69) is 31.4 Å². The molecule has 1 aliphatic heterocycles. The van der Waals surface area contributed by atoms with E-state index in [-0.39, 0.29) is 0 Å². The molecular weight excluding hydrogens is 302 g/mol. The summed E-state index contributed by atoms with van der Waals surface area (Å²) < 4.78 is 1.99. The lowest BCUT2D eigenvalue weighted by Crippen LogP contribution is -2.31. The average molecular weight is 323 g/mol. The SMILES string of the molecule is N#Cc1ccccc1N1CCCN(Cc2nnnn2C2CC2)CC1. The first-order valence-corrected chi connectivity index (χ1v) is 8.58. The fourth-order valence-corrected chi connectivity index (χ4v) is 3.33. The molecule has 7 nitrogen and oxygen atoms in total. The minimum Gasteiger partial charge on any atom is -0.369 e. The summed E-state index contributed by atoms with van der Waals surface area (Å²) in [6, 6.07) is 10.7. The van der Waals surface area contributed by atoms with Crippen LogP contribution >= 0.6 is 0 Å². The third kappa shape index (κ3) is 3.10.